The number of hydrogen-bond donors (Lipinski definition) is 1. The van der Waals surface area contributed by atoms with E-state index >= 15 is 0 Å². The molecule has 0 radical (unpaired) electrons. The maximum Gasteiger partial charge on any atom is 0.387 e. The molecule has 1 saturated carbocycles. The zero-order chi connectivity index (χ0) is 20.1. The first-order chi connectivity index (χ1) is 13.2. The first-order valence-corrected chi connectivity index (χ1v) is 9.72. The number of nitrogens with zero attached hydrogens (tertiary/aromatic N) is 2. The monoisotopic (exact) mass is 396 g/mol. The summed E-state index contributed by atoms with van der Waals surface area (Å²) in [6.45, 7) is 3.01. The lowest BCUT2D eigenvalue weighted by molar-refractivity contribution is -0.150. The number of halogens is 2. The third kappa shape index (κ3) is 3.80. The fourth-order valence-corrected chi connectivity index (χ4v) is 4.11. The molecule has 2 aliphatic heterocycles. The number of hydrogen-bond acceptors (Lipinski definition) is 5. The van der Waals surface area contributed by atoms with Crippen LogP contribution in [0.15, 0.2) is 18.2 Å². The zero-order valence-corrected chi connectivity index (χ0v) is 16.1. The summed E-state index contributed by atoms with van der Waals surface area (Å²) >= 11 is 0. The summed E-state index contributed by atoms with van der Waals surface area (Å²) in [6.07, 6.45) is 1.45. The van der Waals surface area contributed by atoms with Crippen LogP contribution in [0.4, 0.5) is 8.78 Å². The summed E-state index contributed by atoms with van der Waals surface area (Å²) in [6, 6.07) is 3.73. The van der Waals surface area contributed by atoms with Gasteiger partial charge in [0.2, 0.25) is 5.91 Å². The van der Waals surface area contributed by atoms with Gasteiger partial charge in [0.15, 0.2) is 0 Å². The van der Waals surface area contributed by atoms with E-state index in [-0.39, 0.29) is 11.7 Å². The van der Waals surface area contributed by atoms with Crippen LogP contribution in [0.2, 0.25) is 0 Å². The van der Waals surface area contributed by atoms with Gasteiger partial charge in [-0.05, 0) is 50.8 Å². The number of carbonyl (C=O) groups excluding carboxylic acids is 1. The number of rotatable bonds is 5. The zero-order valence-electron chi connectivity index (χ0n) is 16.1. The molecular formula is C20H26F2N2O4. The Morgan fingerprint density at radius 1 is 1.32 bits per heavy atom. The number of aliphatic hydroxyl groups is 1. The van der Waals surface area contributed by atoms with Gasteiger partial charge in [0.1, 0.15) is 23.2 Å². The van der Waals surface area contributed by atoms with E-state index in [1.165, 1.54) is 25.0 Å². The van der Waals surface area contributed by atoms with Gasteiger partial charge in [-0.25, -0.2) is 0 Å². The number of aliphatic hydroxyl groups excluding tert-OH is 1. The Hall–Kier alpha value is -1.93. The van der Waals surface area contributed by atoms with Gasteiger partial charge in [-0.3, -0.25) is 9.69 Å². The number of benzene rings is 1. The van der Waals surface area contributed by atoms with Crippen LogP contribution in [0.1, 0.15) is 38.3 Å². The molecule has 3 aliphatic rings. The molecule has 154 valence electrons. The highest BCUT2D eigenvalue weighted by molar-refractivity contribution is 5.80. The molecule has 0 unspecified atom stereocenters. The molecule has 4 rings (SSSR count). The Kier molecular flexibility index (Phi) is 4.95. The van der Waals surface area contributed by atoms with Gasteiger partial charge in [-0.2, -0.15) is 8.78 Å². The van der Waals surface area contributed by atoms with Crippen LogP contribution in [0.3, 0.4) is 0 Å². The van der Waals surface area contributed by atoms with Crippen molar-refractivity contribution in [2.75, 3.05) is 26.2 Å². The minimum Gasteiger partial charge on any atom is -0.485 e. The maximum absolute atomic E-state index is 12.9. The number of fused-ring (bicyclic) bond motifs is 1. The molecule has 1 aromatic rings. The Morgan fingerprint density at radius 2 is 2.07 bits per heavy atom. The lowest BCUT2D eigenvalue weighted by Gasteiger charge is -2.48. The summed E-state index contributed by atoms with van der Waals surface area (Å²) < 4.78 is 35.7. The van der Waals surface area contributed by atoms with Gasteiger partial charge in [0.25, 0.3) is 0 Å². The Bertz CT molecular complexity index is 754. The van der Waals surface area contributed by atoms with E-state index in [1.54, 1.807) is 24.8 Å². The smallest absolute Gasteiger partial charge is 0.387 e. The van der Waals surface area contributed by atoms with E-state index in [0.717, 1.165) is 13.1 Å². The second kappa shape index (κ2) is 7.15. The molecule has 8 heteroatoms. The Morgan fingerprint density at radius 3 is 2.71 bits per heavy atom. The summed E-state index contributed by atoms with van der Waals surface area (Å²) in [5.41, 5.74) is -0.428. The summed E-state index contributed by atoms with van der Waals surface area (Å²) in [4.78, 5) is 16.7. The summed E-state index contributed by atoms with van der Waals surface area (Å²) in [5, 5.41) is 11.0. The predicted octanol–water partition coefficient (Wildman–Crippen LogP) is 2.42. The molecule has 6 nitrogen and oxygen atoms in total. The van der Waals surface area contributed by atoms with Crippen molar-refractivity contribution in [2.24, 2.45) is 5.92 Å². The van der Waals surface area contributed by atoms with Gasteiger partial charge >= 0.3 is 6.61 Å². The minimum absolute atomic E-state index is 0.0194. The highest BCUT2D eigenvalue weighted by Crippen LogP contribution is 2.45. The second-order valence-corrected chi connectivity index (χ2v) is 8.44. The first-order valence-electron chi connectivity index (χ1n) is 9.72. The van der Waals surface area contributed by atoms with Gasteiger partial charge in [-0.1, -0.05) is 0 Å². The molecule has 1 aromatic carbocycles. The van der Waals surface area contributed by atoms with Gasteiger partial charge in [-0.15, -0.1) is 0 Å². The van der Waals surface area contributed by atoms with E-state index in [0.29, 0.717) is 30.3 Å². The number of alkyl halides is 2. The lowest BCUT2D eigenvalue weighted by atomic mass is 9.85. The maximum atomic E-state index is 12.9. The van der Waals surface area contributed by atoms with Crippen molar-refractivity contribution in [3.05, 3.63) is 23.8 Å². The molecule has 2 atom stereocenters. The normalized spacial score (nSPS) is 27.5. The van der Waals surface area contributed by atoms with Gasteiger partial charge < -0.3 is 19.5 Å². The Balaban J connectivity index is 1.62. The van der Waals surface area contributed by atoms with Crippen LogP contribution in [0.5, 0.6) is 11.5 Å². The number of amides is 1. The lowest BCUT2D eigenvalue weighted by Crippen LogP contribution is -2.59. The van der Waals surface area contributed by atoms with Crippen molar-refractivity contribution in [3.63, 3.8) is 0 Å². The molecule has 0 bridgehead atoms. The molecule has 28 heavy (non-hydrogen) atoms. The average molecular weight is 396 g/mol. The number of ether oxygens (including phenoxy) is 2. The quantitative estimate of drug-likeness (QED) is 0.828. The highest BCUT2D eigenvalue weighted by atomic mass is 19.3. The molecule has 2 heterocycles. The van der Waals surface area contributed by atoms with Gasteiger partial charge in [0, 0.05) is 25.2 Å². The van der Waals surface area contributed by atoms with Crippen LogP contribution in [0.25, 0.3) is 0 Å². The van der Waals surface area contributed by atoms with Crippen molar-refractivity contribution < 1.29 is 28.2 Å². The number of piperazine rings is 1. The van der Waals surface area contributed by atoms with Crippen molar-refractivity contribution in [1.82, 2.24) is 9.80 Å². The molecule has 1 amide bonds. The topological polar surface area (TPSA) is 62.2 Å². The van der Waals surface area contributed by atoms with Crippen molar-refractivity contribution >= 4 is 5.91 Å². The van der Waals surface area contributed by atoms with Crippen LogP contribution >= 0.6 is 0 Å². The molecule has 1 saturated heterocycles. The first kappa shape index (κ1) is 19.4. The fourth-order valence-electron chi connectivity index (χ4n) is 4.11. The van der Waals surface area contributed by atoms with E-state index in [9.17, 15) is 18.7 Å². The van der Waals surface area contributed by atoms with Gasteiger partial charge in [0.05, 0.1) is 12.6 Å². The highest BCUT2D eigenvalue weighted by Gasteiger charge is 2.47. The average Bonchev–Trinajstić information content (AvgIpc) is 3.41. The Labute approximate surface area is 163 Å². The molecule has 0 aromatic heterocycles. The minimum atomic E-state index is -2.95. The summed E-state index contributed by atoms with van der Waals surface area (Å²) in [5.74, 6) is 1.07. The van der Waals surface area contributed by atoms with E-state index in [1.807, 2.05) is 0 Å². The van der Waals surface area contributed by atoms with Crippen LogP contribution < -0.4 is 9.47 Å². The van der Waals surface area contributed by atoms with Crippen molar-refractivity contribution in [1.29, 1.82) is 0 Å². The standard InChI is InChI=1S/C20H26F2N2O4/c1-20(2)18(26)17(14-9-13(27-19(21)22)5-6-15(14)28-20)24-8-7-23(11-16(24)25)10-12-3-4-12/h5-6,9,12,17-19,26H,3-4,7-8,10-11H2,1-2H3/t17-,18+/m0/s1. The molecule has 0 spiro atoms. The van der Waals surface area contributed by atoms with E-state index < -0.39 is 24.4 Å². The second-order valence-electron chi connectivity index (χ2n) is 8.44. The summed E-state index contributed by atoms with van der Waals surface area (Å²) in [7, 11) is 0. The third-order valence-corrected chi connectivity index (χ3v) is 5.79. The largest absolute Gasteiger partial charge is 0.485 e. The van der Waals surface area contributed by atoms with Crippen LogP contribution in [0, 0.1) is 5.92 Å². The predicted molar refractivity (Wildman–Crippen MR) is 97.4 cm³/mol. The SMILES string of the molecule is CC1(C)Oc2ccc(OC(F)F)cc2[C@H](N2CCN(CC3CC3)CC2=O)[C@H]1O. The van der Waals surface area contributed by atoms with Crippen LogP contribution in [-0.2, 0) is 4.79 Å². The fraction of sp³-hybridized carbons (Fsp3) is 0.650. The molecule has 1 aliphatic carbocycles. The van der Waals surface area contributed by atoms with E-state index in [4.69, 9.17) is 4.74 Å². The molecule has 2 fully saturated rings. The molecular weight excluding hydrogens is 370 g/mol. The van der Waals surface area contributed by atoms with Crippen molar-refractivity contribution in [3.8, 4) is 11.5 Å². The molecule has 1 N–H and O–H groups in total. The number of carbonyl (C=O) groups is 1. The third-order valence-electron chi connectivity index (χ3n) is 5.79. The van der Waals surface area contributed by atoms with E-state index in [2.05, 4.69) is 9.64 Å². The van der Waals surface area contributed by atoms with Crippen LogP contribution in [-0.4, -0.2) is 65.3 Å². The van der Waals surface area contributed by atoms with Crippen molar-refractivity contribution in [2.45, 2.75) is 51.0 Å².